The van der Waals surface area contributed by atoms with Gasteiger partial charge < -0.3 is 5.11 Å². The van der Waals surface area contributed by atoms with E-state index in [0.717, 1.165) is 12.8 Å². The van der Waals surface area contributed by atoms with Crippen LogP contribution in [0.25, 0.3) is 0 Å². The number of carbonyl (C=O) groups is 2. The van der Waals surface area contributed by atoms with Crippen LogP contribution in [0.3, 0.4) is 0 Å². The van der Waals surface area contributed by atoms with Gasteiger partial charge in [0.15, 0.2) is 0 Å². The normalized spacial score (nSPS) is 18.2. The molecule has 0 aromatic carbocycles. The number of carbonyl (C=O) groups excluding carboxylic acids is 1. The van der Waals surface area contributed by atoms with Gasteiger partial charge in [0.1, 0.15) is 4.32 Å². The van der Waals surface area contributed by atoms with Gasteiger partial charge in [-0.1, -0.05) is 36.5 Å². The average molecular weight is 273 g/mol. The molecule has 1 aliphatic heterocycles. The number of thiocarbonyl (C=S) groups is 1. The summed E-state index contributed by atoms with van der Waals surface area (Å²) in [6.45, 7) is 2.40. The lowest BCUT2D eigenvalue weighted by molar-refractivity contribution is -0.137. The van der Waals surface area contributed by atoms with Crippen molar-refractivity contribution in [2.24, 2.45) is 0 Å². The fraction of sp³-hybridized carbons (Fsp3) is 0.545. The average Bonchev–Trinajstić information content (AvgIpc) is 2.54. The highest BCUT2D eigenvalue weighted by atomic mass is 32.2. The van der Waals surface area contributed by atoms with Crippen molar-refractivity contribution < 1.29 is 14.7 Å². The van der Waals surface area contributed by atoms with E-state index in [2.05, 4.69) is 0 Å². The molecule has 0 spiro atoms. The Kier molecular flexibility index (Phi) is 5.64. The maximum Gasteiger partial charge on any atom is 0.303 e. The number of hydrogen-bond donors (Lipinski definition) is 1. The number of aliphatic carboxylic acids is 1. The minimum absolute atomic E-state index is 0.0271. The summed E-state index contributed by atoms with van der Waals surface area (Å²) in [7, 11) is 0. The second-order valence-corrected chi connectivity index (χ2v) is 5.36. The van der Waals surface area contributed by atoms with E-state index in [4.69, 9.17) is 17.3 Å². The predicted molar refractivity (Wildman–Crippen MR) is 71.8 cm³/mol. The van der Waals surface area contributed by atoms with Gasteiger partial charge >= 0.3 is 5.97 Å². The lowest BCUT2D eigenvalue weighted by Crippen LogP contribution is -2.29. The van der Waals surface area contributed by atoms with Crippen LogP contribution in [0.4, 0.5) is 0 Å². The molecule has 0 aliphatic carbocycles. The number of rotatable bonds is 6. The second-order valence-electron chi connectivity index (χ2n) is 3.68. The van der Waals surface area contributed by atoms with E-state index < -0.39 is 5.97 Å². The fourth-order valence-electron chi connectivity index (χ4n) is 1.51. The Balaban J connectivity index is 2.30. The zero-order valence-electron chi connectivity index (χ0n) is 9.64. The summed E-state index contributed by atoms with van der Waals surface area (Å²) in [6.07, 6.45) is 4.19. The second kappa shape index (κ2) is 6.76. The van der Waals surface area contributed by atoms with Crippen molar-refractivity contribution in [3.63, 3.8) is 0 Å². The zero-order valence-corrected chi connectivity index (χ0v) is 11.3. The smallest absolute Gasteiger partial charge is 0.303 e. The van der Waals surface area contributed by atoms with E-state index in [1.54, 1.807) is 11.0 Å². The molecule has 1 heterocycles. The monoisotopic (exact) mass is 273 g/mol. The van der Waals surface area contributed by atoms with Gasteiger partial charge in [0.05, 0.1) is 4.91 Å². The first-order valence-electron chi connectivity index (χ1n) is 5.48. The number of carboxylic acids is 1. The highest BCUT2D eigenvalue weighted by molar-refractivity contribution is 8.26. The van der Waals surface area contributed by atoms with Gasteiger partial charge in [-0.25, -0.2) is 0 Å². The van der Waals surface area contributed by atoms with Crippen molar-refractivity contribution in [1.82, 2.24) is 4.90 Å². The number of amides is 1. The van der Waals surface area contributed by atoms with Gasteiger partial charge in [0, 0.05) is 13.0 Å². The molecule has 0 aromatic heterocycles. The number of thioether (sulfide) groups is 1. The van der Waals surface area contributed by atoms with Gasteiger partial charge in [-0.3, -0.25) is 14.5 Å². The SMILES string of the molecule is CC=C1SC(=S)N(CCCCCC(=O)O)C1=O. The molecule has 6 heteroatoms. The first-order chi connectivity index (χ1) is 8.06. The quantitative estimate of drug-likeness (QED) is 0.457. The van der Waals surface area contributed by atoms with E-state index in [1.807, 2.05) is 6.92 Å². The van der Waals surface area contributed by atoms with Gasteiger partial charge in [0.2, 0.25) is 0 Å². The van der Waals surface area contributed by atoms with Gasteiger partial charge in [-0.2, -0.15) is 0 Å². The standard InChI is InChI=1S/C11H15NO3S2/c1-2-8-10(15)12(11(16)17-8)7-5-3-4-6-9(13)14/h2H,3-7H2,1H3,(H,13,14). The van der Waals surface area contributed by atoms with Gasteiger partial charge in [-0.15, -0.1) is 0 Å². The Hall–Kier alpha value is -0.880. The summed E-state index contributed by atoms with van der Waals surface area (Å²) >= 11 is 6.44. The van der Waals surface area contributed by atoms with Crippen LogP contribution < -0.4 is 0 Å². The Morgan fingerprint density at radius 1 is 1.47 bits per heavy atom. The summed E-state index contributed by atoms with van der Waals surface area (Å²) in [5, 5.41) is 8.48. The minimum atomic E-state index is -0.774. The van der Waals surface area contributed by atoms with Crippen molar-refractivity contribution >= 4 is 40.2 Å². The lowest BCUT2D eigenvalue weighted by Gasteiger charge is -2.13. The van der Waals surface area contributed by atoms with Crippen molar-refractivity contribution in [1.29, 1.82) is 0 Å². The molecule has 1 fully saturated rings. The highest BCUT2D eigenvalue weighted by Crippen LogP contribution is 2.30. The van der Waals surface area contributed by atoms with Gasteiger partial charge in [0.25, 0.3) is 5.91 Å². The van der Waals surface area contributed by atoms with Crippen LogP contribution in [0.15, 0.2) is 11.0 Å². The summed E-state index contributed by atoms with van der Waals surface area (Å²) in [5.41, 5.74) is 0. The predicted octanol–water partition coefficient (Wildman–Crippen LogP) is 2.40. The third kappa shape index (κ3) is 4.12. The lowest BCUT2D eigenvalue weighted by atomic mass is 10.2. The van der Waals surface area contributed by atoms with Crippen LogP contribution in [0.5, 0.6) is 0 Å². The molecule has 0 bridgehead atoms. The Bertz CT molecular complexity index is 366. The molecule has 0 radical (unpaired) electrons. The van der Waals surface area contributed by atoms with Gasteiger partial charge in [-0.05, 0) is 19.8 Å². The number of hydrogen-bond acceptors (Lipinski definition) is 4. The molecule has 4 nitrogen and oxygen atoms in total. The molecule has 0 aromatic rings. The van der Waals surface area contributed by atoms with E-state index >= 15 is 0 Å². The molecule has 0 atom stereocenters. The molecule has 17 heavy (non-hydrogen) atoms. The van der Waals surface area contributed by atoms with Crippen molar-refractivity contribution in [2.75, 3.05) is 6.54 Å². The van der Waals surface area contributed by atoms with Crippen LogP contribution in [0, 0.1) is 0 Å². The summed E-state index contributed by atoms with van der Waals surface area (Å²) in [4.78, 5) is 24.4. The van der Waals surface area contributed by atoms with Crippen molar-refractivity contribution in [3.05, 3.63) is 11.0 Å². The van der Waals surface area contributed by atoms with Crippen molar-refractivity contribution in [2.45, 2.75) is 32.6 Å². The maximum absolute atomic E-state index is 11.8. The molecule has 1 aliphatic rings. The highest BCUT2D eigenvalue weighted by Gasteiger charge is 2.30. The Labute approximate surface area is 110 Å². The zero-order chi connectivity index (χ0) is 12.8. The third-order valence-electron chi connectivity index (χ3n) is 2.41. The largest absolute Gasteiger partial charge is 0.481 e. The molecule has 1 rings (SSSR count). The maximum atomic E-state index is 11.8. The molecular formula is C11H15NO3S2. The Morgan fingerprint density at radius 2 is 2.18 bits per heavy atom. The van der Waals surface area contributed by atoms with E-state index in [0.29, 0.717) is 22.2 Å². The molecular weight excluding hydrogens is 258 g/mol. The molecule has 1 amide bonds. The topological polar surface area (TPSA) is 57.6 Å². The van der Waals surface area contributed by atoms with Crippen LogP contribution in [-0.4, -0.2) is 32.7 Å². The molecule has 1 saturated heterocycles. The first kappa shape index (κ1) is 14.2. The summed E-state index contributed by atoms with van der Waals surface area (Å²) in [5.74, 6) is -0.801. The third-order valence-corrected chi connectivity index (χ3v) is 3.90. The Morgan fingerprint density at radius 3 is 2.71 bits per heavy atom. The van der Waals surface area contributed by atoms with E-state index in [9.17, 15) is 9.59 Å². The fourth-order valence-corrected chi connectivity index (χ4v) is 2.74. The number of nitrogens with zero attached hydrogens (tertiary/aromatic N) is 1. The van der Waals surface area contributed by atoms with Crippen molar-refractivity contribution in [3.8, 4) is 0 Å². The van der Waals surface area contributed by atoms with E-state index in [1.165, 1.54) is 11.8 Å². The first-order valence-corrected chi connectivity index (χ1v) is 6.70. The van der Waals surface area contributed by atoms with Crippen LogP contribution >= 0.6 is 24.0 Å². The molecule has 0 unspecified atom stereocenters. The van der Waals surface area contributed by atoms with E-state index in [-0.39, 0.29) is 12.3 Å². The number of unbranched alkanes of at least 4 members (excludes halogenated alkanes) is 2. The minimum Gasteiger partial charge on any atom is -0.481 e. The molecule has 1 N–H and O–H groups in total. The summed E-state index contributed by atoms with van der Waals surface area (Å²) < 4.78 is 0.598. The number of allylic oxidation sites excluding steroid dienone is 1. The van der Waals surface area contributed by atoms with Crippen LogP contribution in [-0.2, 0) is 9.59 Å². The van der Waals surface area contributed by atoms with Crippen LogP contribution in [0.1, 0.15) is 32.6 Å². The number of carboxylic acid groups (broad SMARTS) is 1. The summed E-state index contributed by atoms with van der Waals surface area (Å²) in [6, 6.07) is 0. The molecule has 0 saturated carbocycles. The van der Waals surface area contributed by atoms with Crippen LogP contribution in [0.2, 0.25) is 0 Å². The molecule has 94 valence electrons.